The van der Waals surface area contributed by atoms with Gasteiger partial charge >= 0.3 is 18.1 Å². The molecule has 0 aromatic heterocycles. The van der Waals surface area contributed by atoms with E-state index in [0.717, 1.165) is 0 Å². The molecule has 1 aromatic carbocycles. The van der Waals surface area contributed by atoms with Gasteiger partial charge in [-0.15, -0.1) is 0 Å². The fourth-order valence-corrected chi connectivity index (χ4v) is 1.06. The van der Waals surface area contributed by atoms with E-state index in [4.69, 9.17) is 0 Å². The molecule has 1 aromatic rings. The molecule has 0 unspecified atom stereocenters. The Morgan fingerprint density at radius 1 is 0.857 bits per heavy atom. The van der Waals surface area contributed by atoms with Crippen LogP contribution in [0, 0.1) is 0 Å². The van der Waals surface area contributed by atoms with E-state index in [2.05, 4.69) is 9.47 Å². The number of fused-ring (bicyclic) bond motifs is 2. The number of benzene rings is 1. The molecule has 5 nitrogen and oxygen atoms in total. The molecule has 1 heterocycles. The van der Waals surface area contributed by atoms with Crippen LogP contribution in [0.3, 0.4) is 0 Å². The molecule has 5 heteroatoms. The Hall–Kier alpha value is -2.17. The number of esters is 2. The molecule has 0 amide bonds. The molecule has 1 aliphatic heterocycles. The molecular formula is C9H4O5. The molecule has 0 atom stereocenters. The number of hydrogen-bond donors (Lipinski definition) is 0. The topological polar surface area (TPSA) is 69.7 Å². The second-order valence-electron chi connectivity index (χ2n) is 2.61. The Balaban J connectivity index is 2.54. The Bertz CT molecular complexity index is 399. The van der Waals surface area contributed by atoms with Crippen molar-refractivity contribution in [1.82, 2.24) is 0 Å². The van der Waals surface area contributed by atoms with Crippen molar-refractivity contribution in [2.24, 2.45) is 0 Å². The zero-order valence-corrected chi connectivity index (χ0v) is 6.85. The summed E-state index contributed by atoms with van der Waals surface area (Å²) in [7, 11) is 0. The molecule has 0 spiro atoms. The fraction of sp³-hybridized carbons (Fsp3) is 0. The highest BCUT2D eigenvalue weighted by molar-refractivity contribution is 6.04. The minimum absolute atomic E-state index is 0.146. The molecule has 2 bridgehead atoms. The summed E-state index contributed by atoms with van der Waals surface area (Å²) >= 11 is 0. The van der Waals surface area contributed by atoms with E-state index in [9.17, 15) is 14.4 Å². The molecule has 2 rings (SSSR count). The van der Waals surface area contributed by atoms with Gasteiger partial charge in [-0.3, -0.25) is 0 Å². The minimum atomic E-state index is -1.30. The Labute approximate surface area is 78.2 Å². The maximum Gasteiger partial charge on any atom is 0.524 e. The minimum Gasteiger partial charge on any atom is -0.356 e. The number of cyclic esters (lactones) is 4. The second-order valence-corrected chi connectivity index (χ2v) is 2.61. The van der Waals surface area contributed by atoms with E-state index in [-0.39, 0.29) is 11.1 Å². The Morgan fingerprint density at radius 3 is 1.86 bits per heavy atom. The van der Waals surface area contributed by atoms with E-state index in [0.29, 0.717) is 0 Å². The van der Waals surface area contributed by atoms with E-state index in [1.54, 1.807) is 0 Å². The van der Waals surface area contributed by atoms with Gasteiger partial charge in [0.25, 0.3) is 0 Å². The second kappa shape index (κ2) is 2.95. The maximum absolute atomic E-state index is 11.1. The molecule has 0 saturated heterocycles. The zero-order chi connectivity index (χ0) is 10.1. The maximum atomic E-state index is 11.1. The van der Waals surface area contributed by atoms with Crippen molar-refractivity contribution < 1.29 is 23.9 Å². The summed E-state index contributed by atoms with van der Waals surface area (Å²) in [6, 6.07) is 5.69. The van der Waals surface area contributed by atoms with Gasteiger partial charge in [0, 0.05) is 0 Å². The largest absolute Gasteiger partial charge is 0.524 e. The highest BCUT2D eigenvalue weighted by Gasteiger charge is 2.23. The van der Waals surface area contributed by atoms with Crippen LogP contribution in [0.25, 0.3) is 0 Å². The molecule has 0 aliphatic carbocycles. The summed E-state index contributed by atoms with van der Waals surface area (Å²) in [6.07, 6.45) is -1.30. The van der Waals surface area contributed by atoms with Crippen LogP contribution in [0.15, 0.2) is 24.3 Å². The number of carbonyl (C=O) groups excluding carboxylic acids is 3. The average molecular weight is 192 g/mol. The Kier molecular flexibility index (Phi) is 1.78. The monoisotopic (exact) mass is 192 g/mol. The number of rotatable bonds is 0. The Morgan fingerprint density at radius 2 is 1.36 bits per heavy atom. The lowest BCUT2D eigenvalue weighted by Crippen LogP contribution is -2.21. The fourth-order valence-electron chi connectivity index (χ4n) is 1.06. The summed E-state index contributed by atoms with van der Waals surface area (Å²) in [5.41, 5.74) is 0.292. The van der Waals surface area contributed by atoms with E-state index < -0.39 is 18.1 Å². The molecule has 70 valence electrons. The molecule has 0 radical (unpaired) electrons. The lowest BCUT2D eigenvalue weighted by atomic mass is 10.1. The third-order valence-electron chi connectivity index (χ3n) is 1.69. The van der Waals surface area contributed by atoms with Crippen LogP contribution in [-0.4, -0.2) is 18.1 Å². The van der Waals surface area contributed by atoms with E-state index in [1.807, 2.05) is 0 Å². The molecular weight excluding hydrogens is 188 g/mol. The number of carbonyl (C=O) groups is 3. The van der Waals surface area contributed by atoms with Gasteiger partial charge in [-0.25, -0.2) is 14.4 Å². The van der Waals surface area contributed by atoms with Crippen molar-refractivity contribution in [2.75, 3.05) is 0 Å². The van der Waals surface area contributed by atoms with Crippen LogP contribution in [0.5, 0.6) is 0 Å². The molecule has 0 fully saturated rings. The predicted octanol–water partition coefficient (Wildman–Crippen LogP) is 1.13. The number of hydrogen-bond acceptors (Lipinski definition) is 5. The average Bonchev–Trinajstić information content (AvgIpc) is 2.16. The first-order valence-electron chi connectivity index (χ1n) is 3.75. The highest BCUT2D eigenvalue weighted by atomic mass is 16.8. The van der Waals surface area contributed by atoms with Crippen molar-refractivity contribution in [3.8, 4) is 0 Å². The van der Waals surface area contributed by atoms with Crippen LogP contribution in [0.2, 0.25) is 0 Å². The standard InChI is InChI=1S/C9H4O5/c10-7-5-2-1-3-6(4-5)8(11)14-9(12)13-7/h1-4H. The van der Waals surface area contributed by atoms with Gasteiger partial charge in [0.05, 0.1) is 11.1 Å². The van der Waals surface area contributed by atoms with Gasteiger partial charge in [-0.05, 0) is 18.2 Å². The van der Waals surface area contributed by atoms with Gasteiger partial charge < -0.3 is 9.47 Å². The summed E-state index contributed by atoms with van der Waals surface area (Å²) in [5.74, 6) is -1.66. The van der Waals surface area contributed by atoms with Crippen LogP contribution in [0.1, 0.15) is 20.7 Å². The van der Waals surface area contributed by atoms with Crippen molar-refractivity contribution in [3.63, 3.8) is 0 Å². The third kappa shape index (κ3) is 1.35. The van der Waals surface area contributed by atoms with Crippen molar-refractivity contribution in [3.05, 3.63) is 35.4 Å². The van der Waals surface area contributed by atoms with E-state index in [1.165, 1.54) is 24.3 Å². The summed E-state index contributed by atoms with van der Waals surface area (Å²) in [5, 5.41) is 0. The summed E-state index contributed by atoms with van der Waals surface area (Å²) in [4.78, 5) is 33.0. The third-order valence-corrected chi connectivity index (χ3v) is 1.69. The van der Waals surface area contributed by atoms with E-state index >= 15 is 0 Å². The van der Waals surface area contributed by atoms with Crippen LogP contribution in [0.4, 0.5) is 4.79 Å². The molecule has 0 N–H and O–H groups in total. The normalized spacial score (nSPS) is 15.3. The van der Waals surface area contributed by atoms with Crippen molar-refractivity contribution >= 4 is 18.1 Å². The first-order valence-corrected chi connectivity index (χ1v) is 3.75. The highest BCUT2D eigenvalue weighted by Crippen LogP contribution is 2.12. The molecule has 0 saturated carbocycles. The first-order chi connectivity index (χ1) is 6.66. The molecule has 14 heavy (non-hydrogen) atoms. The molecule has 1 aliphatic rings. The van der Waals surface area contributed by atoms with Gasteiger partial charge in [0.1, 0.15) is 0 Å². The van der Waals surface area contributed by atoms with Crippen molar-refractivity contribution in [1.29, 1.82) is 0 Å². The van der Waals surface area contributed by atoms with Crippen LogP contribution < -0.4 is 0 Å². The van der Waals surface area contributed by atoms with Gasteiger partial charge in [0.2, 0.25) is 0 Å². The van der Waals surface area contributed by atoms with Gasteiger partial charge in [-0.2, -0.15) is 0 Å². The lowest BCUT2D eigenvalue weighted by molar-refractivity contribution is 0.0327. The zero-order valence-electron chi connectivity index (χ0n) is 6.85. The first kappa shape index (κ1) is 8.43. The SMILES string of the molecule is O=C1OC(=O)c2cccc(c2)C(=O)O1. The van der Waals surface area contributed by atoms with Gasteiger partial charge in [0.15, 0.2) is 0 Å². The van der Waals surface area contributed by atoms with Crippen LogP contribution in [-0.2, 0) is 9.47 Å². The lowest BCUT2D eigenvalue weighted by Gasteiger charge is -2.08. The summed E-state index contributed by atoms with van der Waals surface area (Å²) < 4.78 is 8.36. The quantitative estimate of drug-likeness (QED) is 0.455. The summed E-state index contributed by atoms with van der Waals surface area (Å²) in [6.45, 7) is 0. The predicted molar refractivity (Wildman–Crippen MR) is 42.7 cm³/mol. The number of ether oxygens (including phenoxy) is 2. The smallest absolute Gasteiger partial charge is 0.356 e. The van der Waals surface area contributed by atoms with Gasteiger partial charge in [-0.1, -0.05) is 6.07 Å². The van der Waals surface area contributed by atoms with Crippen LogP contribution >= 0.6 is 0 Å². The van der Waals surface area contributed by atoms with Crippen molar-refractivity contribution in [2.45, 2.75) is 0 Å².